The van der Waals surface area contributed by atoms with Gasteiger partial charge in [0.25, 0.3) is 0 Å². The molecule has 82 valence electrons. The second-order valence-corrected chi connectivity index (χ2v) is 5.36. The number of benzene rings is 1. The first kappa shape index (κ1) is 12.1. The quantitative estimate of drug-likeness (QED) is 0.735. The number of ketones is 1. The second-order valence-electron chi connectivity index (χ2n) is 3.61. The van der Waals surface area contributed by atoms with Crippen molar-refractivity contribution in [2.24, 2.45) is 0 Å². The Morgan fingerprint density at radius 2 is 2.00 bits per heavy atom. The maximum absolute atomic E-state index is 11.8. The molecule has 0 N–H and O–H groups in total. The van der Waals surface area contributed by atoms with Crippen LogP contribution < -0.4 is 0 Å². The monoisotopic (exact) mass is 224 g/mol. The summed E-state index contributed by atoms with van der Waals surface area (Å²) in [5.74, 6) is 0.657. The van der Waals surface area contributed by atoms with E-state index in [0.717, 1.165) is 11.1 Å². The molecule has 0 saturated carbocycles. The molecule has 3 heteroatoms. The van der Waals surface area contributed by atoms with Gasteiger partial charge in [0.1, 0.15) is 0 Å². The van der Waals surface area contributed by atoms with E-state index in [1.807, 2.05) is 39.0 Å². The lowest BCUT2D eigenvalue weighted by Gasteiger charge is -2.05. The predicted molar refractivity (Wildman–Crippen MR) is 63.8 cm³/mol. The SMILES string of the molecule is CCS(=O)CC(=O)c1ccc(C)cc1C. The molecule has 0 spiro atoms. The van der Waals surface area contributed by atoms with E-state index in [9.17, 15) is 9.00 Å². The summed E-state index contributed by atoms with van der Waals surface area (Å²) in [5, 5.41) is 0. The number of carbonyl (C=O) groups excluding carboxylic acids is 1. The zero-order valence-electron chi connectivity index (χ0n) is 9.37. The average molecular weight is 224 g/mol. The topological polar surface area (TPSA) is 34.1 Å². The summed E-state index contributed by atoms with van der Waals surface area (Å²) in [6.07, 6.45) is 0. The summed E-state index contributed by atoms with van der Waals surface area (Å²) in [6, 6.07) is 5.71. The van der Waals surface area contributed by atoms with Crippen LogP contribution in [0.4, 0.5) is 0 Å². The van der Waals surface area contributed by atoms with Crippen LogP contribution in [0.25, 0.3) is 0 Å². The first-order valence-electron chi connectivity index (χ1n) is 5.00. The average Bonchev–Trinajstić information content (AvgIpc) is 2.17. The number of rotatable bonds is 4. The van der Waals surface area contributed by atoms with Crippen LogP contribution in [0.5, 0.6) is 0 Å². The largest absolute Gasteiger partial charge is 0.293 e. The Morgan fingerprint density at radius 3 is 2.53 bits per heavy atom. The molecule has 0 aliphatic carbocycles. The van der Waals surface area contributed by atoms with Gasteiger partial charge in [-0.25, -0.2) is 0 Å². The van der Waals surface area contributed by atoms with Gasteiger partial charge in [-0.1, -0.05) is 30.7 Å². The van der Waals surface area contributed by atoms with Crippen LogP contribution in [0.1, 0.15) is 28.4 Å². The van der Waals surface area contributed by atoms with E-state index in [2.05, 4.69) is 0 Å². The molecule has 0 saturated heterocycles. The first-order valence-corrected chi connectivity index (χ1v) is 6.48. The van der Waals surface area contributed by atoms with E-state index in [1.54, 1.807) is 0 Å². The molecule has 0 bridgehead atoms. The highest BCUT2D eigenvalue weighted by molar-refractivity contribution is 7.85. The van der Waals surface area contributed by atoms with Gasteiger partial charge in [-0.15, -0.1) is 0 Å². The lowest BCUT2D eigenvalue weighted by molar-refractivity contribution is 0.102. The van der Waals surface area contributed by atoms with Crippen LogP contribution >= 0.6 is 0 Å². The molecule has 15 heavy (non-hydrogen) atoms. The van der Waals surface area contributed by atoms with Crippen LogP contribution in [0.15, 0.2) is 18.2 Å². The molecule has 0 aliphatic rings. The minimum Gasteiger partial charge on any atom is -0.293 e. The molecule has 2 nitrogen and oxygen atoms in total. The molecule has 0 amide bonds. The Bertz CT molecular complexity index is 397. The van der Waals surface area contributed by atoms with Crippen molar-refractivity contribution in [2.75, 3.05) is 11.5 Å². The van der Waals surface area contributed by atoms with Crippen molar-refractivity contribution < 1.29 is 9.00 Å². The highest BCUT2D eigenvalue weighted by atomic mass is 32.2. The van der Waals surface area contributed by atoms with Gasteiger partial charge in [0.15, 0.2) is 5.78 Å². The number of aryl methyl sites for hydroxylation is 2. The fourth-order valence-corrected chi connectivity index (χ4v) is 2.10. The lowest BCUT2D eigenvalue weighted by Crippen LogP contribution is -2.13. The Kier molecular flexibility index (Phi) is 4.21. The molecule has 1 atom stereocenters. The van der Waals surface area contributed by atoms with Gasteiger partial charge in [-0.3, -0.25) is 9.00 Å². The van der Waals surface area contributed by atoms with Crippen molar-refractivity contribution >= 4 is 16.6 Å². The standard InChI is InChI=1S/C12H16O2S/c1-4-15(14)8-12(13)11-6-5-9(2)7-10(11)3/h5-7H,4,8H2,1-3H3. The van der Waals surface area contributed by atoms with E-state index in [1.165, 1.54) is 0 Å². The van der Waals surface area contributed by atoms with E-state index in [-0.39, 0.29) is 11.5 Å². The summed E-state index contributed by atoms with van der Waals surface area (Å²) >= 11 is 0. The lowest BCUT2D eigenvalue weighted by atomic mass is 10.0. The van der Waals surface area contributed by atoms with Crippen LogP contribution in [-0.2, 0) is 10.8 Å². The minimum absolute atomic E-state index is 0.0207. The van der Waals surface area contributed by atoms with Crippen molar-refractivity contribution in [1.82, 2.24) is 0 Å². The van der Waals surface area contributed by atoms with Gasteiger partial charge < -0.3 is 0 Å². The van der Waals surface area contributed by atoms with E-state index in [0.29, 0.717) is 11.3 Å². The minimum atomic E-state index is -1.02. The molecule has 0 fully saturated rings. The molecule has 1 aromatic carbocycles. The molecule has 0 radical (unpaired) electrons. The van der Waals surface area contributed by atoms with Gasteiger partial charge in [0.2, 0.25) is 0 Å². The maximum atomic E-state index is 11.8. The summed E-state index contributed by atoms with van der Waals surface area (Å²) < 4.78 is 11.3. The number of hydrogen-bond acceptors (Lipinski definition) is 2. The van der Waals surface area contributed by atoms with Crippen LogP contribution in [-0.4, -0.2) is 21.5 Å². The molecule has 0 heterocycles. The zero-order valence-corrected chi connectivity index (χ0v) is 10.2. The molecule has 1 aromatic rings. The Labute approximate surface area is 93.2 Å². The van der Waals surface area contributed by atoms with Gasteiger partial charge in [-0.05, 0) is 19.4 Å². The summed E-state index contributed by atoms with van der Waals surface area (Å²) in [5.41, 5.74) is 2.80. The zero-order chi connectivity index (χ0) is 11.4. The Hall–Kier alpha value is -0.960. The molecule has 0 aromatic heterocycles. The fraction of sp³-hybridized carbons (Fsp3) is 0.417. The van der Waals surface area contributed by atoms with E-state index < -0.39 is 10.8 Å². The van der Waals surface area contributed by atoms with E-state index >= 15 is 0 Å². The number of hydrogen-bond donors (Lipinski definition) is 0. The maximum Gasteiger partial charge on any atom is 0.175 e. The van der Waals surface area contributed by atoms with Gasteiger partial charge >= 0.3 is 0 Å². The predicted octanol–water partition coefficient (Wildman–Crippen LogP) is 2.25. The molecular weight excluding hydrogens is 208 g/mol. The van der Waals surface area contributed by atoms with Crippen molar-refractivity contribution in [3.05, 3.63) is 34.9 Å². The molecule has 1 unspecified atom stereocenters. The number of Topliss-reactive ketones (excluding diaryl/α,β-unsaturated/α-hetero) is 1. The van der Waals surface area contributed by atoms with Crippen LogP contribution in [0, 0.1) is 13.8 Å². The van der Waals surface area contributed by atoms with Crippen molar-refractivity contribution in [2.45, 2.75) is 20.8 Å². The highest BCUT2D eigenvalue weighted by Crippen LogP contribution is 2.11. The van der Waals surface area contributed by atoms with Gasteiger partial charge in [-0.2, -0.15) is 0 Å². The summed E-state index contributed by atoms with van der Waals surface area (Å²) in [6.45, 7) is 5.73. The smallest absolute Gasteiger partial charge is 0.175 e. The molecular formula is C12H16O2S. The van der Waals surface area contributed by atoms with Gasteiger partial charge in [0.05, 0.1) is 5.75 Å². The number of carbonyl (C=O) groups is 1. The third kappa shape index (κ3) is 3.27. The highest BCUT2D eigenvalue weighted by Gasteiger charge is 2.11. The second kappa shape index (κ2) is 5.21. The Balaban J connectivity index is 2.87. The normalized spacial score (nSPS) is 12.5. The van der Waals surface area contributed by atoms with Crippen molar-refractivity contribution in [1.29, 1.82) is 0 Å². The third-order valence-electron chi connectivity index (χ3n) is 2.30. The molecule has 1 rings (SSSR count). The summed E-state index contributed by atoms with van der Waals surface area (Å²) in [7, 11) is -1.02. The van der Waals surface area contributed by atoms with Crippen molar-refractivity contribution in [3.8, 4) is 0 Å². The first-order chi connectivity index (χ1) is 7.04. The third-order valence-corrected chi connectivity index (χ3v) is 3.52. The summed E-state index contributed by atoms with van der Waals surface area (Å²) in [4.78, 5) is 11.8. The molecule has 0 aliphatic heterocycles. The van der Waals surface area contributed by atoms with Gasteiger partial charge in [0, 0.05) is 22.1 Å². The van der Waals surface area contributed by atoms with E-state index in [4.69, 9.17) is 0 Å². The van der Waals surface area contributed by atoms with Crippen molar-refractivity contribution in [3.63, 3.8) is 0 Å². The fourth-order valence-electron chi connectivity index (χ4n) is 1.45. The van der Waals surface area contributed by atoms with Crippen LogP contribution in [0.2, 0.25) is 0 Å². The van der Waals surface area contributed by atoms with Crippen LogP contribution in [0.3, 0.4) is 0 Å². The Morgan fingerprint density at radius 1 is 1.33 bits per heavy atom.